The minimum Gasteiger partial charge on any atom is -0.455 e. The van der Waals surface area contributed by atoms with E-state index in [1.807, 2.05) is 7.11 Å². The zero-order valence-electron chi connectivity index (χ0n) is 36.3. The molecule has 61 heavy (non-hydrogen) atoms. The van der Waals surface area contributed by atoms with Crippen molar-refractivity contribution in [3.63, 3.8) is 0 Å². The van der Waals surface area contributed by atoms with Gasteiger partial charge in [-0.25, -0.2) is 9.13 Å². The lowest BCUT2D eigenvalue weighted by atomic mass is 9.73. The first kappa shape index (κ1) is 39.8. The van der Waals surface area contributed by atoms with E-state index < -0.39 is 5.60 Å². The Hall–Kier alpha value is -6.69. The zero-order valence-corrected chi connectivity index (χ0v) is 36.3. The summed E-state index contributed by atoms with van der Waals surface area (Å²) in [5.74, 6) is 0. The van der Waals surface area contributed by atoms with E-state index in [-0.39, 0.29) is 5.41 Å². The molecule has 0 saturated carbocycles. The van der Waals surface area contributed by atoms with E-state index in [1.165, 1.54) is 39.2 Å². The van der Waals surface area contributed by atoms with E-state index in [0.29, 0.717) is 6.42 Å². The van der Waals surface area contributed by atoms with Crippen LogP contribution in [0.5, 0.6) is 0 Å². The zero-order chi connectivity index (χ0) is 42.3. The highest BCUT2D eigenvalue weighted by molar-refractivity contribution is 6.10. The average Bonchev–Trinajstić information content (AvgIpc) is 3.65. The molecular weight excluding hydrogens is 747 g/mol. The maximum absolute atomic E-state index is 6.89. The maximum Gasteiger partial charge on any atom is 0.218 e. The molecular formula is C56H54N3O2+3. The van der Waals surface area contributed by atoms with Gasteiger partial charge in [0, 0.05) is 60.7 Å². The number of nitrogens with zero attached hydrogens (tertiary/aromatic N) is 3. The summed E-state index contributed by atoms with van der Waals surface area (Å²) in [5, 5.41) is 2.20. The van der Waals surface area contributed by atoms with Crippen LogP contribution in [0.3, 0.4) is 0 Å². The Bertz CT molecular complexity index is 2990. The van der Waals surface area contributed by atoms with E-state index >= 15 is 0 Å². The van der Waals surface area contributed by atoms with Crippen LogP contribution in [0, 0.1) is 13.8 Å². The van der Waals surface area contributed by atoms with Gasteiger partial charge in [0.15, 0.2) is 29.4 Å². The van der Waals surface area contributed by atoms with E-state index in [4.69, 9.17) is 9.15 Å². The van der Waals surface area contributed by atoms with Gasteiger partial charge in [-0.05, 0) is 84.0 Å². The Kier molecular flexibility index (Phi) is 10.5. The molecule has 4 aromatic heterocycles. The number of furan rings is 1. The lowest BCUT2D eigenvalue weighted by Gasteiger charge is -2.32. The lowest BCUT2D eigenvalue weighted by Crippen LogP contribution is -2.46. The number of aromatic nitrogens is 3. The monoisotopic (exact) mass is 800 g/mol. The Morgan fingerprint density at radius 3 is 1.93 bits per heavy atom. The molecule has 5 nitrogen and oxygen atoms in total. The predicted octanol–water partition coefficient (Wildman–Crippen LogP) is 10.7. The smallest absolute Gasteiger partial charge is 0.218 e. The molecule has 0 aliphatic rings. The molecule has 0 aliphatic carbocycles. The van der Waals surface area contributed by atoms with E-state index in [9.17, 15) is 0 Å². The Morgan fingerprint density at radius 1 is 0.590 bits per heavy atom. The quantitative estimate of drug-likeness (QED) is 0.122. The van der Waals surface area contributed by atoms with E-state index in [0.717, 1.165) is 56.4 Å². The fraction of sp³-hybridized carbons (Fsp3) is 0.196. The van der Waals surface area contributed by atoms with Crippen molar-refractivity contribution in [3.8, 4) is 22.4 Å². The van der Waals surface area contributed by atoms with Crippen LogP contribution >= 0.6 is 0 Å². The molecule has 302 valence electrons. The molecule has 0 spiro atoms. The summed E-state index contributed by atoms with van der Waals surface area (Å²) in [6, 6.07) is 58.7. The van der Waals surface area contributed by atoms with E-state index in [1.54, 1.807) is 0 Å². The maximum atomic E-state index is 6.89. The van der Waals surface area contributed by atoms with Crippen LogP contribution in [0.4, 0.5) is 0 Å². The van der Waals surface area contributed by atoms with Crippen molar-refractivity contribution in [2.45, 2.75) is 44.6 Å². The van der Waals surface area contributed by atoms with Gasteiger partial charge in [0.25, 0.3) is 0 Å². The van der Waals surface area contributed by atoms with Gasteiger partial charge in [0.1, 0.15) is 32.3 Å². The minimum atomic E-state index is -0.814. The first-order valence-electron chi connectivity index (χ1n) is 21.2. The van der Waals surface area contributed by atoms with Gasteiger partial charge in [-0.3, -0.25) is 0 Å². The second kappa shape index (κ2) is 16.1. The summed E-state index contributed by atoms with van der Waals surface area (Å²) in [6.45, 7) is 6.88. The molecule has 0 saturated heterocycles. The van der Waals surface area contributed by atoms with Crippen molar-refractivity contribution in [1.82, 2.24) is 0 Å². The van der Waals surface area contributed by atoms with Gasteiger partial charge in [0.05, 0.1) is 17.4 Å². The van der Waals surface area contributed by atoms with Crippen LogP contribution in [-0.4, -0.2) is 7.11 Å². The SMILES string of the molecule is COC(Cc1cc2c(oc3ccccc32)c(-c2cccc(CC(C)(c3ccccc3C)c3cccc[n+]3C)[n+]2C)c1C)(c1ccc(-c2ccccc2)cc1)c1cccc[n+]1C. The number of fused-ring (bicyclic) bond motifs is 3. The van der Waals surface area contributed by atoms with Crippen LogP contribution in [0.2, 0.25) is 0 Å². The first-order valence-corrected chi connectivity index (χ1v) is 21.2. The van der Waals surface area contributed by atoms with Crippen molar-refractivity contribution in [2.24, 2.45) is 21.1 Å². The highest BCUT2D eigenvalue weighted by Crippen LogP contribution is 2.43. The number of pyridine rings is 3. The normalized spacial score (nSPS) is 13.6. The molecule has 0 bridgehead atoms. The summed E-state index contributed by atoms with van der Waals surface area (Å²) in [6.07, 6.45) is 5.65. The lowest BCUT2D eigenvalue weighted by molar-refractivity contribution is -0.685. The highest BCUT2D eigenvalue weighted by Gasteiger charge is 2.43. The Morgan fingerprint density at radius 2 is 1.23 bits per heavy atom. The van der Waals surface area contributed by atoms with Crippen LogP contribution in [0.15, 0.2) is 181 Å². The van der Waals surface area contributed by atoms with Crippen LogP contribution < -0.4 is 13.7 Å². The minimum absolute atomic E-state index is 0.317. The molecule has 5 heteroatoms. The van der Waals surface area contributed by atoms with Crippen molar-refractivity contribution in [3.05, 3.63) is 221 Å². The van der Waals surface area contributed by atoms with Crippen molar-refractivity contribution < 1.29 is 22.9 Å². The van der Waals surface area contributed by atoms with Crippen LogP contribution in [-0.2, 0) is 49.7 Å². The molecule has 5 aromatic carbocycles. The van der Waals surface area contributed by atoms with Crippen LogP contribution in [0.25, 0.3) is 44.3 Å². The fourth-order valence-corrected chi connectivity index (χ4v) is 9.94. The highest BCUT2D eigenvalue weighted by atomic mass is 16.5. The summed E-state index contributed by atoms with van der Waals surface area (Å²) in [7, 11) is 8.33. The van der Waals surface area contributed by atoms with Gasteiger partial charge < -0.3 is 9.15 Å². The molecule has 0 aliphatic heterocycles. The third-order valence-electron chi connectivity index (χ3n) is 13.2. The second-order valence-electron chi connectivity index (χ2n) is 16.8. The molecule has 0 amide bonds. The molecule has 2 unspecified atom stereocenters. The summed E-state index contributed by atoms with van der Waals surface area (Å²) >= 11 is 0. The third-order valence-corrected chi connectivity index (χ3v) is 13.2. The molecule has 2 atom stereocenters. The molecule has 9 rings (SSSR count). The van der Waals surface area contributed by atoms with Gasteiger partial charge in [0.2, 0.25) is 11.4 Å². The number of rotatable bonds is 11. The summed E-state index contributed by atoms with van der Waals surface area (Å²) in [4.78, 5) is 0. The number of hydrogen-bond donors (Lipinski definition) is 0. The molecule has 0 radical (unpaired) electrons. The topological polar surface area (TPSA) is 34.0 Å². The number of benzene rings is 5. The van der Waals surface area contributed by atoms with Gasteiger partial charge in [-0.15, -0.1) is 0 Å². The largest absolute Gasteiger partial charge is 0.455 e. The molecule has 9 aromatic rings. The van der Waals surface area contributed by atoms with Crippen molar-refractivity contribution in [1.29, 1.82) is 0 Å². The number of ether oxygens (including phenoxy) is 1. The van der Waals surface area contributed by atoms with Gasteiger partial charge in [-0.2, -0.15) is 4.57 Å². The molecule has 0 N–H and O–H groups in total. The number of para-hydroxylation sites is 1. The van der Waals surface area contributed by atoms with Gasteiger partial charge in [-0.1, -0.05) is 103 Å². The van der Waals surface area contributed by atoms with Crippen LogP contribution in [0.1, 0.15) is 51.8 Å². The van der Waals surface area contributed by atoms with Gasteiger partial charge >= 0.3 is 0 Å². The third kappa shape index (κ3) is 6.93. The number of methoxy groups -OCH3 is 1. The molecule has 4 heterocycles. The number of aryl methyl sites for hydroxylation is 3. The summed E-state index contributed by atoms with van der Waals surface area (Å²) in [5.41, 5.74) is 14.8. The van der Waals surface area contributed by atoms with Crippen molar-refractivity contribution in [2.75, 3.05) is 7.11 Å². The average molecular weight is 801 g/mol. The Balaban J connectivity index is 1.24. The standard InChI is InChI=1S/C56H54N3O2/c1-39-20-11-13-25-48(39)55(3,51-28-15-17-34-57(51)4)38-45-23-19-26-49(59(45)6)53-40(2)43(36-47-46-24-12-14-27-50(46)61-54(47)53)37-56(60-7,52-29-16-18-35-58(52)5)44-32-30-42(31-33-44)41-21-9-8-10-22-41/h8-36H,37-38H2,1-7H3/q+3. The van der Waals surface area contributed by atoms with Crippen molar-refractivity contribution >= 4 is 21.9 Å². The number of hydrogen-bond acceptors (Lipinski definition) is 2. The molecule has 0 fully saturated rings. The second-order valence-corrected chi connectivity index (χ2v) is 16.8. The first-order chi connectivity index (χ1) is 29.6. The van der Waals surface area contributed by atoms with E-state index in [2.05, 4.69) is 232 Å². The predicted molar refractivity (Wildman–Crippen MR) is 245 cm³/mol. The fourth-order valence-electron chi connectivity index (χ4n) is 9.94. The Labute approximate surface area is 359 Å². The summed E-state index contributed by atoms with van der Waals surface area (Å²) < 4.78 is 20.6.